The lowest BCUT2D eigenvalue weighted by molar-refractivity contribution is 0.475. The largest absolute Gasteiger partial charge is 0.508 e. The summed E-state index contributed by atoms with van der Waals surface area (Å²) in [6, 6.07) is 6.74. The van der Waals surface area contributed by atoms with Crippen molar-refractivity contribution in [3.05, 3.63) is 34.5 Å². The molecule has 1 N–H and O–H groups in total. The zero-order chi connectivity index (χ0) is 9.42. The third-order valence-electron chi connectivity index (χ3n) is 1.93. The van der Waals surface area contributed by atoms with Crippen molar-refractivity contribution < 1.29 is 9.52 Å². The molecule has 0 aliphatic heterocycles. The molecule has 2 nitrogen and oxygen atoms in total. The van der Waals surface area contributed by atoms with E-state index in [0.29, 0.717) is 10.3 Å². The van der Waals surface area contributed by atoms with Crippen LogP contribution in [0.4, 0.5) is 0 Å². The first-order chi connectivity index (χ1) is 6.16. The lowest BCUT2D eigenvalue weighted by Gasteiger charge is -2.00. The van der Waals surface area contributed by atoms with Crippen LogP contribution >= 0.6 is 12.2 Å². The molecule has 2 aromatic rings. The Morgan fingerprint density at radius 3 is 2.85 bits per heavy atom. The van der Waals surface area contributed by atoms with Crippen LogP contribution in [0.25, 0.3) is 11.0 Å². The Morgan fingerprint density at radius 2 is 2.08 bits per heavy atom. The minimum atomic E-state index is 0.239. The van der Waals surface area contributed by atoms with Gasteiger partial charge in [0.1, 0.15) is 11.3 Å². The fourth-order valence-electron chi connectivity index (χ4n) is 1.31. The molecule has 2 rings (SSSR count). The highest BCUT2D eigenvalue weighted by molar-refractivity contribution is 7.71. The van der Waals surface area contributed by atoms with Gasteiger partial charge in [0.05, 0.1) is 0 Å². The molecule has 13 heavy (non-hydrogen) atoms. The molecule has 1 aromatic heterocycles. The highest BCUT2D eigenvalue weighted by Crippen LogP contribution is 2.23. The monoisotopic (exact) mass is 192 g/mol. The van der Waals surface area contributed by atoms with Gasteiger partial charge in [-0.05, 0) is 49.0 Å². The third kappa shape index (κ3) is 1.42. The Bertz CT molecular complexity index is 514. The van der Waals surface area contributed by atoms with Crippen molar-refractivity contribution >= 4 is 23.2 Å². The number of fused-ring (bicyclic) bond motifs is 1. The predicted molar refractivity (Wildman–Crippen MR) is 53.4 cm³/mol. The number of hydrogen-bond acceptors (Lipinski definition) is 3. The SMILES string of the molecule is Cc1cc(=S)oc2ccc(O)cc12. The Morgan fingerprint density at radius 1 is 1.31 bits per heavy atom. The molecule has 66 valence electrons. The molecule has 0 saturated heterocycles. The second-order valence-corrected chi connectivity index (χ2v) is 3.33. The molecule has 0 saturated carbocycles. The standard InChI is InChI=1S/C10H8O2S/c1-6-4-10(13)12-9-3-2-7(11)5-8(6)9/h2-5,11H,1H3. The van der Waals surface area contributed by atoms with Gasteiger partial charge in [-0.25, -0.2) is 0 Å². The van der Waals surface area contributed by atoms with Crippen LogP contribution in [0.1, 0.15) is 5.56 Å². The average molecular weight is 192 g/mol. The Labute approximate surface area is 80.4 Å². The van der Waals surface area contributed by atoms with Gasteiger partial charge in [0, 0.05) is 5.39 Å². The van der Waals surface area contributed by atoms with Crippen molar-refractivity contribution in [1.29, 1.82) is 0 Å². The second-order valence-electron chi connectivity index (χ2n) is 2.93. The molecule has 3 heteroatoms. The van der Waals surface area contributed by atoms with Crippen molar-refractivity contribution in [2.45, 2.75) is 6.92 Å². The Hall–Kier alpha value is -1.35. The average Bonchev–Trinajstić information content (AvgIpc) is 2.06. The quantitative estimate of drug-likeness (QED) is 0.651. The summed E-state index contributed by atoms with van der Waals surface area (Å²) in [6.07, 6.45) is 0. The summed E-state index contributed by atoms with van der Waals surface area (Å²) in [5.74, 6) is 0.239. The molecule has 0 fully saturated rings. The van der Waals surface area contributed by atoms with Crippen LogP contribution in [-0.2, 0) is 0 Å². The number of rotatable bonds is 0. The maximum absolute atomic E-state index is 9.26. The fraction of sp³-hybridized carbons (Fsp3) is 0.100. The number of hydrogen-bond donors (Lipinski definition) is 1. The van der Waals surface area contributed by atoms with E-state index >= 15 is 0 Å². The lowest BCUT2D eigenvalue weighted by Crippen LogP contribution is -1.78. The van der Waals surface area contributed by atoms with Gasteiger partial charge in [0.2, 0.25) is 0 Å². The maximum atomic E-state index is 9.26. The van der Waals surface area contributed by atoms with E-state index in [-0.39, 0.29) is 5.75 Å². The van der Waals surface area contributed by atoms with Gasteiger partial charge in [-0.1, -0.05) is 0 Å². The number of aromatic hydroxyl groups is 1. The first-order valence-electron chi connectivity index (χ1n) is 3.90. The van der Waals surface area contributed by atoms with Gasteiger partial charge in [0.25, 0.3) is 0 Å². The van der Waals surface area contributed by atoms with E-state index in [1.807, 2.05) is 6.92 Å². The molecule has 0 aliphatic carbocycles. The van der Waals surface area contributed by atoms with E-state index in [2.05, 4.69) is 0 Å². The zero-order valence-electron chi connectivity index (χ0n) is 7.07. The minimum Gasteiger partial charge on any atom is -0.508 e. The van der Waals surface area contributed by atoms with Gasteiger partial charge in [0.15, 0.2) is 4.71 Å². The highest BCUT2D eigenvalue weighted by atomic mass is 32.1. The van der Waals surface area contributed by atoms with E-state index in [1.54, 1.807) is 24.3 Å². The van der Waals surface area contributed by atoms with Crippen molar-refractivity contribution in [2.24, 2.45) is 0 Å². The molecule has 0 unspecified atom stereocenters. The summed E-state index contributed by atoms with van der Waals surface area (Å²) >= 11 is 4.93. The van der Waals surface area contributed by atoms with Gasteiger partial charge >= 0.3 is 0 Å². The fourth-order valence-corrected chi connectivity index (χ4v) is 1.57. The third-order valence-corrected chi connectivity index (χ3v) is 2.13. The zero-order valence-corrected chi connectivity index (χ0v) is 7.89. The molecule has 1 aromatic carbocycles. The van der Waals surface area contributed by atoms with Crippen LogP contribution in [0.15, 0.2) is 28.7 Å². The first kappa shape index (κ1) is 8.26. The molecular weight excluding hydrogens is 184 g/mol. The van der Waals surface area contributed by atoms with Gasteiger partial charge in [-0.2, -0.15) is 0 Å². The van der Waals surface area contributed by atoms with Crippen LogP contribution in [-0.4, -0.2) is 5.11 Å². The van der Waals surface area contributed by atoms with Crippen LogP contribution in [0.5, 0.6) is 5.75 Å². The molecule has 1 heterocycles. The Balaban J connectivity index is 2.95. The number of phenolic OH excluding ortho intramolecular Hbond substituents is 1. The first-order valence-corrected chi connectivity index (χ1v) is 4.31. The van der Waals surface area contributed by atoms with Crippen molar-refractivity contribution in [3.63, 3.8) is 0 Å². The van der Waals surface area contributed by atoms with Crippen molar-refractivity contribution in [3.8, 4) is 5.75 Å². The van der Waals surface area contributed by atoms with E-state index in [0.717, 1.165) is 10.9 Å². The summed E-state index contributed by atoms with van der Waals surface area (Å²) in [7, 11) is 0. The van der Waals surface area contributed by atoms with Crippen molar-refractivity contribution in [2.75, 3.05) is 0 Å². The lowest BCUT2D eigenvalue weighted by atomic mass is 10.1. The number of benzene rings is 1. The second kappa shape index (κ2) is 2.85. The molecule has 0 spiro atoms. The van der Waals surface area contributed by atoms with Gasteiger partial charge in [-0.3, -0.25) is 0 Å². The maximum Gasteiger partial charge on any atom is 0.191 e. The molecule has 0 atom stereocenters. The molecule has 0 aliphatic rings. The van der Waals surface area contributed by atoms with E-state index < -0.39 is 0 Å². The predicted octanol–water partition coefficient (Wildman–Crippen LogP) is 3.18. The summed E-state index contributed by atoms with van der Waals surface area (Å²) in [5, 5.41) is 10.2. The van der Waals surface area contributed by atoms with E-state index in [9.17, 15) is 5.11 Å². The molecular formula is C10H8O2S. The van der Waals surface area contributed by atoms with Crippen LogP contribution in [0.3, 0.4) is 0 Å². The normalized spacial score (nSPS) is 10.5. The smallest absolute Gasteiger partial charge is 0.191 e. The topological polar surface area (TPSA) is 33.4 Å². The highest BCUT2D eigenvalue weighted by Gasteiger charge is 2.00. The number of aryl methyl sites for hydroxylation is 1. The minimum absolute atomic E-state index is 0.239. The molecule has 0 bridgehead atoms. The Kier molecular flexibility index (Phi) is 1.81. The summed E-state index contributed by atoms with van der Waals surface area (Å²) in [5.41, 5.74) is 1.73. The van der Waals surface area contributed by atoms with Crippen LogP contribution < -0.4 is 0 Å². The molecule has 0 amide bonds. The van der Waals surface area contributed by atoms with Crippen LogP contribution in [0, 0.1) is 11.6 Å². The molecule has 0 radical (unpaired) electrons. The van der Waals surface area contributed by atoms with Gasteiger partial charge in [-0.15, -0.1) is 0 Å². The van der Waals surface area contributed by atoms with Gasteiger partial charge < -0.3 is 9.52 Å². The number of phenols is 1. The van der Waals surface area contributed by atoms with Crippen molar-refractivity contribution in [1.82, 2.24) is 0 Å². The summed E-state index contributed by atoms with van der Waals surface area (Å²) < 4.78 is 5.77. The summed E-state index contributed by atoms with van der Waals surface area (Å²) in [4.78, 5) is 0. The van der Waals surface area contributed by atoms with Crippen LogP contribution in [0.2, 0.25) is 0 Å². The van der Waals surface area contributed by atoms with E-state index in [4.69, 9.17) is 16.6 Å². The van der Waals surface area contributed by atoms with E-state index in [1.165, 1.54) is 0 Å². The summed E-state index contributed by atoms with van der Waals surface area (Å²) in [6.45, 7) is 1.94.